The van der Waals surface area contributed by atoms with Crippen LogP contribution in [-0.4, -0.2) is 150 Å². The molecule has 2 saturated heterocycles. The molecule has 0 aliphatic carbocycles. The molecular weight excluding hydrogens is 456 g/mol. The highest BCUT2D eigenvalue weighted by molar-refractivity contribution is 7.92. The van der Waals surface area contributed by atoms with Crippen LogP contribution in [0.25, 0.3) is 0 Å². The van der Waals surface area contributed by atoms with E-state index >= 15 is 0 Å². The first-order valence-electron chi connectivity index (χ1n) is 11.4. The topological polar surface area (TPSA) is 150 Å². The van der Waals surface area contributed by atoms with Crippen molar-refractivity contribution in [3.8, 4) is 0 Å². The molecule has 0 aromatic carbocycles. The lowest BCUT2D eigenvalue weighted by Gasteiger charge is -2.38. The van der Waals surface area contributed by atoms with Gasteiger partial charge in [0.15, 0.2) is 19.7 Å². The largest absolute Gasteiger partial charge is 0.339 e. The third-order valence-electron chi connectivity index (χ3n) is 6.05. The molecule has 188 valence electrons. The van der Waals surface area contributed by atoms with E-state index in [9.17, 15) is 21.6 Å². The van der Waals surface area contributed by atoms with Crippen molar-refractivity contribution in [3.63, 3.8) is 0 Å². The number of rotatable bonds is 13. The number of hydrogen-bond donors (Lipinski definition) is 2. The van der Waals surface area contributed by atoms with Crippen molar-refractivity contribution in [1.82, 2.24) is 19.6 Å². The molecule has 32 heavy (non-hydrogen) atoms. The minimum atomic E-state index is -3.41. The molecule has 2 heterocycles. The fourth-order valence-electron chi connectivity index (χ4n) is 4.06. The molecule has 2 fully saturated rings. The summed E-state index contributed by atoms with van der Waals surface area (Å²) in [6.07, 6.45) is 0.652. The van der Waals surface area contributed by atoms with E-state index in [2.05, 4.69) is 14.7 Å². The number of carbonyl (C=O) groups is 1. The zero-order valence-electron chi connectivity index (χ0n) is 19.0. The molecule has 0 atom stereocenters. The monoisotopic (exact) mass is 496 g/mol. The zero-order chi connectivity index (χ0) is 23.6. The van der Waals surface area contributed by atoms with Gasteiger partial charge in [-0.05, 0) is 13.0 Å². The van der Waals surface area contributed by atoms with Crippen LogP contribution < -0.4 is 11.5 Å². The fourth-order valence-corrected chi connectivity index (χ4v) is 6.26. The Morgan fingerprint density at radius 3 is 1.56 bits per heavy atom. The average Bonchev–Trinajstić information content (AvgIpc) is 2.73. The summed E-state index contributed by atoms with van der Waals surface area (Å²) in [6.45, 7) is 9.32. The van der Waals surface area contributed by atoms with Gasteiger partial charge >= 0.3 is 0 Å². The van der Waals surface area contributed by atoms with Gasteiger partial charge in [-0.3, -0.25) is 14.6 Å². The van der Waals surface area contributed by atoms with Crippen LogP contribution in [0.5, 0.6) is 0 Å². The highest BCUT2D eigenvalue weighted by Crippen LogP contribution is 2.07. The van der Waals surface area contributed by atoms with E-state index in [1.807, 2.05) is 0 Å². The number of piperazine rings is 2. The van der Waals surface area contributed by atoms with Crippen LogP contribution in [0, 0.1) is 0 Å². The molecule has 0 saturated carbocycles. The second kappa shape index (κ2) is 13.2. The standard InChI is InChI=1S/C19H40N6O5S2/c20-2-16-31(27,28)15-1-4-22-5-7-23(8-6-22)9-10-24-11-13-25(14-12-24)19(26)18-32(29,30)17-3-21/h1-18,20-21H2. The Morgan fingerprint density at radius 1 is 0.625 bits per heavy atom. The maximum absolute atomic E-state index is 12.2. The Labute approximate surface area is 192 Å². The minimum absolute atomic E-state index is 0.0361. The molecule has 0 spiro atoms. The van der Waals surface area contributed by atoms with Crippen LogP contribution in [0.2, 0.25) is 0 Å². The van der Waals surface area contributed by atoms with Gasteiger partial charge in [-0.25, -0.2) is 16.8 Å². The van der Waals surface area contributed by atoms with Crippen molar-refractivity contribution < 1.29 is 21.6 Å². The molecular formula is C19H40N6O5S2. The van der Waals surface area contributed by atoms with E-state index in [1.54, 1.807) is 4.90 Å². The van der Waals surface area contributed by atoms with Crippen molar-refractivity contribution in [3.05, 3.63) is 0 Å². The summed E-state index contributed by atoms with van der Waals surface area (Å²) < 4.78 is 47.1. The van der Waals surface area contributed by atoms with Gasteiger partial charge in [0.25, 0.3) is 0 Å². The Balaban J connectivity index is 1.59. The minimum Gasteiger partial charge on any atom is -0.339 e. The summed E-state index contributed by atoms with van der Waals surface area (Å²) in [6, 6.07) is 0. The number of nitrogens with two attached hydrogens (primary N) is 2. The number of nitrogens with zero attached hydrogens (tertiary/aromatic N) is 4. The molecule has 2 aliphatic rings. The van der Waals surface area contributed by atoms with E-state index in [0.717, 1.165) is 58.9 Å². The fraction of sp³-hybridized carbons (Fsp3) is 0.947. The molecule has 0 unspecified atom stereocenters. The summed E-state index contributed by atoms with van der Waals surface area (Å²) in [7, 11) is -6.43. The third kappa shape index (κ3) is 9.98. The molecule has 2 aliphatic heterocycles. The second-order valence-electron chi connectivity index (χ2n) is 8.58. The van der Waals surface area contributed by atoms with Crippen LogP contribution in [-0.2, 0) is 24.5 Å². The molecule has 0 aromatic rings. The van der Waals surface area contributed by atoms with Crippen molar-refractivity contribution in [2.75, 3.05) is 108 Å². The van der Waals surface area contributed by atoms with Gasteiger partial charge in [0.2, 0.25) is 5.91 Å². The van der Waals surface area contributed by atoms with Crippen molar-refractivity contribution >= 4 is 25.6 Å². The lowest BCUT2D eigenvalue weighted by Crippen LogP contribution is -2.53. The zero-order valence-corrected chi connectivity index (χ0v) is 20.7. The summed E-state index contributed by atoms with van der Waals surface area (Å²) in [5.74, 6) is -0.661. The summed E-state index contributed by atoms with van der Waals surface area (Å²) in [5.41, 5.74) is 10.6. The van der Waals surface area contributed by atoms with Crippen molar-refractivity contribution in [1.29, 1.82) is 0 Å². The maximum atomic E-state index is 12.2. The first-order valence-corrected chi connectivity index (χ1v) is 15.0. The molecule has 11 nitrogen and oxygen atoms in total. The Kier molecular flexibility index (Phi) is 11.3. The highest BCUT2D eigenvalue weighted by Gasteiger charge is 2.25. The quantitative estimate of drug-likeness (QED) is 0.268. The predicted molar refractivity (Wildman–Crippen MR) is 126 cm³/mol. The molecule has 0 radical (unpaired) electrons. The predicted octanol–water partition coefficient (Wildman–Crippen LogP) is -3.11. The molecule has 0 bridgehead atoms. The highest BCUT2D eigenvalue weighted by atomic mass is 32.2. The number of carbonyl (C=O) groups excluding carboxylic acids is 1. The van der Waals surface area contributed by atoms with Gasteiger partial charge in [0.1, 0.15) is 5.75 Å². The molecule has 0 aromatic heterocycles. The number of hydrogen-bond acceptors (Lipinski definition) is 10. The molecule has 2 rings (SSSR count). The Morgan fingerprint density at radius 2 is 1.06 bits per heavy atom. The Hall–Kier alpha value is -0.830. The second-order valence-corrected chi connectivity index (χ2v) is 13.1. The van der Waals surface area contributed by atoms with E-state index in [0.29, 0.717) is 19.5 Å². The third-order valence-corrected chi connectivity index (χ3v) is 9.37. The number of sulfone groups is 2. The van der Waals surface area contributed by atoms with Crippen LogP contribution in [0.1, 0.15) is 6.42 Å². The summed E-state index contributed by atoms with van der Waals surface area (Å²) in [4.78, 5) is 20.9. The van der Waals surface area contributed by atoms with E-state index in [1.165, 1.54) is 0 Å². The van der Waals surface area contributed by atoms with Crippen molar-refractivity contribution in [2.45, 2.75) is 6.42 Å². The van der Waals surface area contributed by atoms with Gasteiger partial charge in [-0.1, -0.05) is 0 Å². The van der Waals surface area contributed by atoms with Crippen LogP contribution in [0.3, 0.4) is 0 Å². The van der Waals surface area contributed by atoms with Gasteiger partial charge in [0, 0.05) is 78.5 Å². The average molecular weight is 497 g/mol. The molecule has 1 amide bonds. The van der Waals surface area contributed by atoms with E-state index in [-0.39, 0.29) is 36.3 Å². The Bertz CT molecular complexity index is 776. The smallest absolute Gasteiger partial charge is 0.237 e. The van der Waals surface area contributed by atoms with Gasteiger partial charge in [0.05, 0.1) is 17.3 Å². The van der Waals surface area contributed by atoms with Crippen LogP contribution >= 0.6 is 0 Å². The van der Waals surface area contributed by atoms with Gasteiger partial charge < -0.3 is 21.3 Å². The van der Waals surface area contributed by atoms with Crippen molar-refractivity contribution in [2.24, 2.45) is 11.5 Å². The maximum Gasteiger partial charge on any atom is 0.237 e. The molecule has 4 N–H and O–H groups in total. The SMILES string of the molecule is NCCS(=O)(=O)CCCN1CCN(CCN2CCN(C(=O)CS(=O)(=O)CCN)CC2)CC1. The lowest BCUT2D eigenvalue weighted by atomic mass is 10.2. The van der Waals surface area contributed by atoms with Gasteiger partial charge in [-0.2, -0.15) is 0 Å². The number of amides is 1. The first kappa shape index (κ1) is 27.4. The molecule has 13 heteroatoms. The van der Waals surface area contributed by atoms with E-state index in [4.69, 9.17) is 11.5 Å². The first-order chi connectivity index (χ1) is 15.1. The van der Waals surface area contributed by atoms with E-state index < -0.39 is 25.4 Å². The van der Waals surface area contributed by atoms with Crippen LogP contribution in [0.15, 0.2) is 0 Å². The van der Waals surface area contributed by atoms with Crippen LogP contribution in [0.4, 0.5) is 0 Å². The summed E-state index contributed by atoms with van der Waals surface area (Å²) in [5, 5.41) is 0. The van der Waals surface area contributed by atoms with Gasteiger partial charge in [-0.15, -0.1) is 0 Å². The normalized spacial score (nSPS) is 20.0. The lowest BCUT2D eigenvalue weighted by molar-refractivity contribution is -0.130. The summed E-state index contributed by atoms with van der Waals surface area (Å²) >= 11 is 0.